The lowest BCUT2D eigenvalue weighted by atomic mass is 9.70. The van der Waals surface area contributed by atoms with E-state index in [9.17, 15) is 19.5 Å². The molecule has 2 aliphatic heterocycles. The number of amides is 3. The highest BCUT2D eigenvalue weighted by molar-refractivity contribution is 5.87. The van der Waals surface area contributed by atoms with Crippen molar-refractivity contribution in [3.05, 3.63) is 35.9 Å². The summed E-state index contributed by atoms with van der Waals surface area (Å²) in [4.78, 5) is 38.2. The maximum absolute atomic E-state index is 13.0. The Morgan fingerprint density at radius 3 is 2.71 bits per heavy atom. The minimum absolute atomic E-state index is 0.0455. The topological polar surface area (TPSA) is 139 Å². The number of primary amides is 1. The average Bonchev–Trinajstić information content (AvgIpc) is 2.69. The summed E-state index contributed by atoms with van der Waals surface area (Å²) < 4.78 is 0. The van der Waals surface area contributed by atoms with E-state index in [1.165, 1.54) is 0 Å². The van der Waals surface area contributed by atoms with Crippen LogP contribution in [0.2, 0.25) is 0 Å². The van der Waals surface area contributed by atoms with Crippen LogP contribution in [0.25, 0.3) is 0 Å². The van der Waals surface area contributed by atoms with Crippen molar-refractivity contribution in [2.75, 3.05) is 13.1 Å². The lowest BCUT2D eigenvalue weighted by Gasteiger charge is -2.47. The fourth-order valence-electron chi connectivity index (χ4n) is 4.29. The van der Waals surface area contributed by atoms with Crippen LogP contribution < -0.4 is 16.8 Å². The van der Waals surface area contributed by atoms with Crippen LogP contribution in [0.15, 0.2) is 30.3 Å². The molecule has 1 aromatic rings. The fourth-order valence-corrected chi connectivity index (χ4v) is 4.29. The number of hydrogen-bond donors (Lipinski definition) is 4. The highest BCUT2D eigenvalue weighted by atomic mass is 16.3. The molecule has 4 atom stereocenters. The third-order valence-electron chi connectivity index (χ3n) is 5.82. The Balaban J connectivity index is 1.69. The van der Waals surface area contributed by atoms with Crippen molar-refractivity contribution in [3.63, 3.8) is 0 Å². The summed E-state index contributed by atoms with van der Waals surface area (Å²) in [5.41, 5.74) is 11.1. The summed E-state index contributed by atoms with van der Waals surface area (Å²) >= 11 is 0. The summed E-state index contributed by atoms with van der Waals surface area (Å²) in [5.74, 6) is -0.928. The zero-order chi connectivity index (χ0) is 20.3. The van der Waals surface area contributed by atoms with Crippen LogP contribution in [0.1, 0.15) is 43.7 Å². The van der Waals surface area contributed by atoms with Gasteiger partial charge < -0.3 is 26.8 Å². The lowest BCUT2D eigenvalue weighted by molar-refractivity contribution is -0.150. The van der Waals surface area contributed by atoms with E-state index in [-0.39, 0.29) is 31.2 Å². The Bertz CT molecular complexity index is 741. The first kappa shape index (κ1) is 20.3. The highest BCUT2D eigenvalue weighted by Gasteiger charge is 2.50. The van der Waals surface area contributed by atoms with Gasteiger partial charge in [0.15, 0.2) is 0 Å². The molecule has 0 radical (unpaired) electrons. The first-order chi connectivity index (χ1) is 13.3. The number of piperidine rings is 2. The van der Waals surface area contributed by atoms with Crippen LogP contribution in [0, 0.1) is 5.41 Å². The fraction of sp³-hybridized carbons (Fsp3) is 0.550. The first-order valence-electron chi connectivity index (χ1n) is 9.69. The minimum Gasteiger partial charge on any atom is -0.391 e. The van der Waals surface area contributed by atoms with E-state index in [1.54, 1.807) is 4.90 Å². The molecule has 0 saturated carbocycles. The molecule has 0 unspecified atom stereocenters. The van der Waals surface area contributed by atoms with Crippen LogP contribution in [-0.2, 0) is 14.4 Å². The molecule has 2 saturated heterocycles. The number of aliphatic hydroxyl groups is 1. The van der Waals surface area contributed by atoms with E-state index in [2.05, 4.69) is 5.32 Å². The van der Waals surface area contributed by atoms with E-state index in [0.29, 0.717) is 25.8 Å². The number of rotatable bonds is 5. The highest BCUT2D eigenvalue weighted by Crippen LogP contribution is 2.41. The number of carbonyl (C=O) groups is 3. The Morgan fingerprint density at radius 2 is 2.04 bits per heavy atom. The molecule has 2 aliphatic rings. The second-order valence-corrected chi connectivity index (χ2v) is 7.89. The van der Waals surface area contributed by atoms with E-state index >= 15 is 0 Å². The van der Waals surface area contributed by atoms with Gasteiger partial charge >= 0.3 is 0 Å². The van der Waals surface area contributed by atoms with Crippen molar-refractivity contribution in [1.29, 1.82) is 0 Å². The standard InChI is InChI=1S/C20H28N4O4/c21-14(7-8-16(22)26)18(27)24-10-4-9-20(12-24)11-15(25)17(23-19(20)28)13-5-2-1-3-6-13/h1-3,5-6,14-15,17,25H,4,7-12,21H2,(H2,22,26)(H,23,28)/t14-,15+,17-,20+/m0/s1. The average molecular weight is 388 g/mol. The number of nitrogens with two attached hydrogens (primary N) is 2. The monoisotopic (exact) mass is 388 g/mol. The molecular formula is C20H28N4O4. The van der Waals surface area contributed by atoms with Gasteiger partial charge in [-0.3, -0.25) is 14.4 Å². The van der Waals surface area contributed by atoms with Crippen LogP contribution in [-0.4, -0.2) is 53.0 Å². The molecule has 0 bridgehead atoms. The SMILES string of the molecule is NC(=O)CC[C@H](N)C(=O)N1CCC[C@@]2(C[C@@H](O)[C@H](c3ccccc3)NC2=O)C1. The second kappa shape index (κ2) is 8.28. The Kier molecular flexibility index (Phi) is 6.00. The number of benzene rings is 1. The molecule has 0 aromatic heterocycles. The van der Waals surface area contributed by atoms with Gasteiger partial charge in [-0.2, -0.15) is 0 Å². The predicted molar refractivity (Wildman–Crippen MR) is 103 cm³/mol. The van der Waals surface area contributed by atoms with Gasteiger partial charge in [0.1, 0.15) is 0 Å². The molecular weight excluding hydrogens is 360 g/mol. The summed E-state index contributed by atoms with van der Waals surface area (Å²) in [5, 5.41) is 13.7. The predicted octanol–water partition coefficient (Wildman–Crippen LogP) is -0.190. The molecule has 8 nitrogen and oxygen atoms in total. The maximum Gasteiger partial charge on any atom is 0.239 e. The molecule has 28 heavy (non-hydrogen) atoms. The molecule has 6 N–H and O–H groups in total. The van der Waals surface area contributed by atoms with Gasteiger partial charge in [-0.1, -0.05) is 30.3 Å². The molecule has 3 amide bonds. The van der Waals surface area contributed by atoms with Crippen LogP contribution in [0.5, 0.6) is 0 Å². The molecule has 1 aromatic carbocycles. The van der Waals surface area contributed by atoms with Gasteiger partial charge in [0.05, 0.1) is 23.6 Å². The third kappa shape index (κ3) is 4.18. The van der Waals surface area contributed by atoms with Crippen LogP contribution in [0.3, 0.4) is 0 Å². The number of likely N-dealkylation sites (tertiary alicyclic amines) is 1. The number of carbonyl (C=O) groups excluding carboxylic acids is 3. The molecule has 3 rings (SSSR count). The largest absolute Gasteiger partial charge is 0.391 e. The number of hydrogen-bond acceptors (Lipinski definition) is 5. The summed E-state index contributed by atoms with van der Waals surface area (Å²) in [6.07, 6.45) is 1.05. The van der Waals surface area contributed by atoms with Crippen molar-refractivity contribution in [2.24, 2.45) is 16.9 Å². The minimum atomic E-state index is -0.823. The van der Waals surface area contributed by atoms with Gasteiger partial charge in [0.2, 0.25) is 17.7 Å². The van der Waals surface area contributed by atoms with Gasteiger partial charge in [-0.05, 0) is 31.2 Å². The molecule has 152 valence electrons. The molecule has 1 spiro atoms. The number of nitrogens with one attached hydrogen (secondary N) is 1. The summed E-state index contributed by atoms with van der Waals surface area (Å²) in [6.45, 7) is 0.733. The molecule has 2 heterocycles. The van der Waals surface area contributed by atoms with Gasteiger partial charge in [-0.25, -0.2) is 0 Å². The van der Waals surface area contributed by atoms with Crippen molar-refractivity contribution in [3.8, 4) is 0 Å². The number of aliphatic hydroxyl groups excluding tert-OH is 1. The van der Waals surface area contributed by atoms with Crippen LogP contribution >= 0.6 is 0 Å². The lowest BCUT2D eigenvalue weighted by Crippen LogP contribution is -2.61. The normalized spacial score (nSPS) is 28.6. The van der Waals surface area contributed by atoms with E-state index in [1.807, 2.05) is 30.3 Å². The van der Waals surface area contributed by atoms with E-state index in [0.717, 1.165) is 5.56 Å². The zero-order valence-corrected chi connectivity index (χ0v) is 15.8. The zero-order valence-electron chi connectivity index (χ0n) is 15.8. The van der Waals surface area contributed by atoms with E-state index in [4.69, 9.17) is 11.5 Å². The van der Waals surface area contributed by atoms with Crippen molar-refractivity contribution in [1.82, 2.24) is 10.2 Å². The van der Waals surface area contributed by atoms with Crippen molar-refractivity contribution >= 4 is 17.7 Å². The Labute approximate surface area is 164 Å². The number of nitrogens with zero attached hydrogens (tertiary/aromatic N) is 1. The summed E-state index contributed by atoms with van der Waals surface area (Å²) in [6, 6.07) is 8.09. The maximum atomic E-state index is 13.0. The Morgan fingerprint density at radius 1 is 1.32 bits per heavy atom. The van der Waals surface area contributed by atoms with Crippen molar-refractivity contribution < 1.29 is 19.5 Å². The van der Waals surface area contributed by atoms with Gasteiger partial charge in [-0.15, -0.1) is 0 Å². The van der Waals surface area contributed by atoms with E-state index < -0.39 is 29.5 Å². The van der Waals surface area contributed by atoms with Crippen LogP contribution in [0.4, 0.5) is 0 Å². The second-order valence-electron chi connectivity index (χ2n) is 7.89. The smallest absolute Gasteiger partial charge is 0.239 e. The third-order valence-corrected chi connectivity index (χ3v) is 5.82. The summed E-state index contributed by atoms with van der Waals surface area (Å²) in [7, 11) is 0. The molecule has 0 aliphatic carbocycles. The molecule has 2 fully saturated rings. The van der Waals surface area contributed by atoms with Gasteiger partial charge in [0, 0.05) is 19.5 Å². The molecule has 8 heteroatoms. The Hall–Kier alpha value is -2.45. The quantitative estimate of drug-likeness (QED) is 0.554. The van der Waals surface area contributed by atoms with Gasteiger partial charge in [0.25, 0.3) is 0 Å². The van der Waals surface area contributed by atoms with Crippen molar-refractivity contribution in [2.45, 2.75) is 50.3 Å². The first-order valence-corrected chi connectivity index (χ1v) is 9.69.